The highest BCUT2D eigenvalue weighted by Gasteiger charge is 2.05. The smallest absolute Gasteiger partial charge is 0.182 e. The number of imidazole rings is 1. The number of fused-ring (bicyclic) bond motifs is 1. The van der Waals surface area contributed by atoms with Crippen LogP contribution in [0, 0.1) is 4.77 Å². The van der Waals surface area contributed by atoms with Gasteiger partial charge >= 0.3 is 0 Å². The molecule has 18 heavy (non-hydrogen) atoms. The standard InChI is InChI=1S/C15H14N2S/c1-2-11-7-9-12(10-8-11)17-14-6-4-3-5-13(14)16-15(17)18/h3-10H,2H2,1H3,(H,16,18). The zero-order valence-electron chi connectivity index (χ0n) is 10.2. The van der Waals surface area contributed by atoms with Gasteiger partial charge in [0.15, 0.2) is 4.77 Å². The quantitative estimate of drug-likeness (QED) is 0.678. The highest BCUT2D eigenvalue weighted by atomic mass is 32.1. The molecular weight excluding hydrogens is 240 g/mol. The zero-order valence-corrected chi connectivity index (χ0v) is 11.0. The number of hydrogen-bond acceptors (Lipinski definition) is 1. The van der Waals surface area contributed by atoms with Gasteiger partial charge in [0.1, 0.15) is 0 Å². The number of rotatable bonds is 2. The molecule has 0 aliphatic heterocycles. The monoisotopic (exact) mass is 254 g/mol. The highest BCUT2D eigenvalue weighted by Crippen LogP contribution is 2.19. The van der Waals surface area contributed by atoms with Crippen LogP contribution < -0.4 is 0 Å². The Labute approximate surface area is 111 Å². The Morgan fingerprint density at radius 1 is 1.06 bits per heavy atom. The molecule has 0 amide bonds. The van der Waals surface area contributed by atoms with E-state index >= 15 is 0 Å². The van der Waals surface area contributed by atoms with E-state index in [-0.39, 0.29) is 0 Å². The molecule has 0 bridgehead atoms. The van der Waals surface area contributed by atoms with Crippen LogP contribution in [0.5, 0.6) is 0 Å². The minimum absolute atomic E-state index is 0.737. The lowest BCUT2D eigenvalue weighted by Crippen LogP contribution is -1.94. The lowest BCUT2D eigenvalue weighted by atomic mass is 10.1. The van der Waals surface area contributed by atoms with Gasteiger partial charge in [0, 0.05) is 5.69 Å². The van der Waals surface area contributed by atoms with Gasteiger partial charge in [-0.3, -0.25) is 4.57 Å². The van der Waals surface area contributed by atoms with E-state index < -0.39 is 0 Å². The number of hydrogen-bond donors (Lipinski definition) is 1. The molecule has 1 aromatic heterocycles. The largest absolute Gasteiger partial charge is 0.330 e. The second-order valence-electron chi connectivity index (χ2n) is 4.30. The van der Waals surface area contributed by atoms with Crippen molar-refractivity contribution in [2.24, 2.45) is 0 Å². The fourth-order valence-electron chi connectivity index (χ4n) is 2.19. The Morgan fingerprint density at radius 3 is 2.50 bits per heavy atom. The van der Waals surface area contributed by atoms with Gasteiger partial charge in [-0.05, 0) is 48.5 Å². The van der Waals surface area contributed by atoms with Crippen molar-refractivity contribution in [1.29, 1.82) is 0 Å². The van der Waals surface area contributed by atoms with Crippen molar-refractivity contribution in [3.8, 4) is 5.69 Å². The van der Waals surface area contributed by atoms with E-state index in [0.29, 0.717) is 0 Å². The van der Waals surface area contributed by atoms with E-state index in [1.807, 2.05) is 18.2 Å². The van der Waals surface area contributed by atoms with E-state index in [9.17, 15) is 0 Å². The summed E-state index contributed by atoms with van der Waals surface area (Å²) in [5, 5.41) is 0. The molecule has 0 atom stereocenters. The summed E-state index contributed by atoms with van der Waals surface area (Å²) in [4.78, 5) is 3.23. The summed E-state index contributed by atoms with van der Waals surface area (Å²) in [6.45, 7) is 2.16. The third-order valence-electron chi connectivity index (χ3n) is 3.19. The molecule has 0 aliphatic rings. The minimum atomic E-state index is 0.737. The predicted molar refractivity (Wildman–Crippen MR) is 77.8 cm³/mol. The molecular formula is C15H14N2S. The van der Waals surface area contributed by atoms with Crippen molar-refractivity contribution in [3.63, 3.8) is 0 Å². The number of benzene rings is 2. The van der Waals surface area contributed by atoms with Gasteiger partial charge < -0.3 is 4.98 Å². The number of H-pyrrole nitrogens is 1. The van der Waals surface area contributed by atoms with Gasteiger partial charge in [-0.1, -0.05) is 31.2 Å². The first kappa shape index (κ1) is 11.2. The lowest BCUT2D eigenvalue weighted by Gasteiger charge is -2.05. The average Bonchev–Trinajstić information content (AvgIpc) is 2.75. The van der Waals surface area contributed by atoms with Crippen LogP contribution in [0.1, 0.15) is 12.5 Å². The maximum atomic E-state index is 5.40. The second kappa shape index (κ2) is 4.42. The Hall–Kier alpha value is -1.87. The zero-order chi connectivity index (χ0) is 12.5. The van der Waals surface area contributed by atoms with E-state index in [4.69, 9.17) is 12.2 Å². The molecule has 3 aromatic rings. The van der Waals surface area contributed by atoms with Crippen molar-refractivity contribution in [3.05, 3.63) is 58.9 Å². The minimum Gasteiger partial charge on any atom is -0.330 e. The summed E-state index contributed by atoms with van der Waals surface area (Å²) >= 11 is 5.40. The van der Waals surface area contributed by atoms with Crippen LogP contribution in [-0.4, -0.2) is 9.55 Å². The van der Waals surface area contributed by atoms with Crippen molar-refractivity contribution >= 4 is 23.3 Å². The van der Waals surface area contributed by atoms with E-state index in [1.54, 1.807) is 0 Å². The molecule has 0 fully saturated rings. The summed E-state index contributed by atoms with van der Waals surface area (Å²) in [7, 11) is 0. The molecule has 90 valence electrons. The Kier molecular flexibility index (Phi) is 2.76. The van der Waals surface area contributed by atoms with Gasteiger partial charge in [0.2, 0.25) is 0 Å². The number of aromatic nitrogens is 2. The molecule has 3 rings (SSSR count). The molecule has 1 N–H and O–H groups in total. The number of nitrogens with one attached hydrogen (secondary N) is 1. The van der Waals surface area contributed by atoms with Crippen LogP contribution in [0.4, 0.5) is 0 Å². The number of aryl methyl sites for hydroxylation is 1. The molecule has 1 heterocycles. The van der Waals surface area contributed by atoms with Crippen molar-refractivity contribution < 1.29 is 0 Å². The van der Waals surface area contributed by atoms with Crippen LogP contribution in [-0.2, 0) is 6.42 Å². The Bertz CT molecular complexity index is 735. The summed E-state index contributed by atoms with van der Waals surface area (Å²) in [6.07, 6.45) is 1.06. The van der Waals surface area contributed by atoms with Gasteiger partial charge in [0.05, 0.1) is 11.0 Å². The lowest BCUT2D eigenvalue weighted by molar-refractivity contribution is 1.05. The first-order chi connectivity index (χ1) is 8.79. The first-order valence-electron chi connectivity index (χ1n) is 6.08. The molecule has 0 saturated carbocycles. The highest BCUT2D eigenvalue weighted by molar-refractivity contribution is 7.71. The summed E-state index contributed by atoms with van der Waals surface area (Å²) < 4.78 is 2.81. The van der Waals surface area contributed by atoms with Crippen LogP contribution >= 0.6 is 12.2 Å². The maximum absolute atomic E-state index is 5.40. The first-order valence-corrected chi connectivity index (χ1v) is 6.49. The normalized spacial score (nSPS) is 10.9. The molecule has 3 heteroatoms. The summed E-state index contributed by atoms with van der Waals surface area (Å²) in [5.74, 6) is 0. The van der Waals surface area contributed by atoms with Crippen LogP contribution in [0.3, 0.4) is 0 Å². The molecule has 0 spiro atoms. The molecule has 2 nitrogen and oxygen atoms in total. The Morgan fingerprint density at radius 2 is 1.78 bits per heavy atom. The van der Waals surface area contributed by atoms with Crippen LogP contribution in [0.15, 0.2) is 48.5 Å². The fourth-order valence-corrected chi connectivity index (χ4v) is 2.51. The molecule has 0 saturated heterocycles. The van der Waals surface area contributed by atoms with Crippen LogP contribution in [0.25, 0.3) is 16.7 Å². The molecule has 0 aliphatic carbocycles. The molecule has 2 aromatic carbocycles. The van der Waals surface area contributed by atoms with Crippen LogP contribution in [0.2, 0.25) is 0 Å². The van der Waals surface area contributed by atoms with E-state index in [2.05, 4.69) is 46.8 Å². The second-order valence-corrected chi connectivity index (χ2v) is 4.69. The van der Waals surface area contributed by atoms with Gasteiger partial charge in [-0.25, -0.2) is 0 Å². The molecule has 0 radical (unpaired) electrons. The van der Waals surface area contributed by atoms with E-state index in [1.165, 1.54) is 5.56 Å². The van der Waals surface area contributed by atoms with E-state index in [0.717, 1.165) is 27.9 Å². The van der Waals surface area contributed by atoms with Gasteiger partial charge in [-0.2, -0.15) is 0 Å². The summed E-state index contributed by atoms with van der Waals surface area (Å²) in [5.41, 5.74) is 4.63. The topological polar surface area (TPSA) is 20.7 Å². The number of para-hydroxylation sites is 2. The third kappa shape index (κ3) is 1.77. The SMILES string of the molecule is CCc1ccc(-n2c(=S)[nH]c3ccccc32)cc1. The van der Waals surface area contributed by atoms with Gasteiger partial charge in [0.25, 0.3) is 0 Å². The maximum Gasteiger partial charge on any atom is 0.182 e. The van der Waals surface area contributed by atoms with Crippen molar-refractivity contribution in [1.82, 2.24) is 9.55 Å². The van der Waals surface area contributed by atoms with Gasteiger partial charge in [-0.15, -0.1) is 0 Å². The molecule has 0 unspecified atom stereocenters. The summed E-state index contributed by atoms with van der Waals surface area (Å²) in [6, 6.07) is 16.7. The third-order valence-corrected chi connectivity index (χ3v) is 3.48. The predicted octanol–water partition coefficient (Wildman–Crippen LogP) is 4.25. The van der Waals surface area contributed by atoms with Crippen molar-refractivity contribution in [2.45, 2.75) is 13.3 Å². The fraction of sp³-hybridized carbons (Fsp3) is 0.133. The Balaban J connectivity index is 2.24. The average molecular weight is 254 g/mol. The van der Waals surface area contributed by atoms with Crippen molar-refractivity contribution in [2.75, 3.05) is 0 Å². The number of nitrogens with zero attached hydrogens (tertiary/aromatic N) is 1. The number of aromatic amines is 1.